The molecule has 12 heteroatoms. The van der Waals surface area contributed by atoms with Crippen molar-refractivity contribution in [2.24, 2.45) is 5.92 Å². The smallest absolute Gasteiger partial charge is 0.475 e. The fourth-order valence-electron chi connectivity index (χ4n) is 6.16. The van der Waals surface area contributed by atoms with Crippen molar-refractivity contribution in [3.05, 3.63) is 46.8 Å². The molecule has 0 aromatic heterocycles. The van der Waals surface area contributed by atoms with E-state index in [0.29, 0.717) is 11.6 Å². The standard InChI is InChI=1S/C28H39ClF3N3O4S/c29-24-13-11-22(12-14-26(36)33-40(37,38)28(30,31)32)23(19-24)20-35-16-6-10-25(35)27-34(17-18-39-27)15-5-4-9-21-7-2-1-3-8-21/h11,13,17-19,21,25,27H,1-10,12,14-16,20H2,(H,33,36)/t25?,27-/m0/s1. The van der Waals surface area contributed by atoms with E-state index in [1.807, 2.05) is 6.20 Å². The van der Waals surface area contributed by atoms with Gasteiger partial charge in [0.2, 0.25) is 5.91 Å². The molecule has 1 N–H and O–H groups in total. The molecule has 2 heterocycles. The molecule has 2 aliphatic heterocycles. The van der Waals surface area contributed by atoms with E-state index in [9.17, 15) is 26.4 Å². The lowest BCUT2D eigenvalue weighted by Gasteiger charge is -2.35. The summed E-state index contributed by atoms with van der Waals surface area (Å²) in [5.74, 6) is -0.325. The number of halogens is 4. The second kappa shape index (κ2) is 13.8. The first-order chi connectivity index (χ1) is 19.0. The monoisotopic (exact) mass is 605 g/mol. The number of alkyl halides is 3. The van der Waals surface area contributed by atoms with Gasteiger partial charge in [-0.25, -0.2) is 4.72 Å². The van der Waals surface area contributed by atoms with E-state index in [1.165, 1.54) is 44.9 Å². The highest BCUT2D eigenvalue weighted by Crippen LogP contribution is 2.32. The molecule has 40 heavy (non-hydrogen) atoms. The van der Waals surface area contributed by atoms with Gasteiger partial charge in [-0.05, 0) is 61.4 Å². The highest BCUT2D eigenvalue weighted by Gasteiger charge is 2.47. The van der Waals surface area contributed by atoms with Crippen LogP contribution in [0, 0.1) is 5.92 Å². The van der Waals surface area contributed by atoms with Crippen LogP contribution in [0.15, 0.2) is 30.7 Å². The Morgan fingerprint density at radius 2 is 1.85 bits per heavy atom. The molecule has 2 fully saturated rings. The number of sulfonamides is 1. The van der Waals surface area contributed by atoms with Crippen LogP contribution < -0.4 is 4.72 Å². The van der Waals surface area contributed by atoms with E-state index in [-0.39, 0.29) is 18.7 Å². The summed E-state index contributed by atoms with van der Waals surface area (Å²) in [6, 6.07) is 5.35. The third kappa shape index (κ3) is 8.28. The number of amides is 1. The number of unbranched alkanes of at least 4 members (excludes halogenated alkanes) is 1. The van der Waals surface area contributed by atoms with Crippen molar-refractivity contribution in [1.82, 2.24) is 14.5 Å². The maximum absolute atomic E-state index is 12.6. The molecule has 224 valence electrons. The molecule has 4 rings (SSSR count). The summed E-state index contributed by atoms with van der Waals surface area (Å²) in [6.07, 6.45) is 15.9. The summed E-state index contributed by atoms with van der Waals surface area (Å²) in [5, 5.41) is 0.511. The van der Waals surface area contributed by atoms with Gasteiger partial charge < -0.3 is 9.64 Å². The van der Waals surface area contributed by atoms with Crippen LogP contribution in [0.2, 0.25) is 5.02 Å². The molecule has 1 saturated heterocycles. The Morgan fingerprint density at radius 3 is 2.60 bits per heavy atom. The number of carbonyl (C=O) groups excluding carboxylic acids is 1. The highest BCUT2D eigenvalue weighted by atomic mass is 35.5. The molecule has 1 saturated carbocycles. The lowest BCUT2D eigenvalue weighted by Crippen LogP contribution is -2.46. The first-order valence-electron chi connectivity index (χ1n) is 14.2. The van der Waals surface area contributed by atoms with E-state index in [0.717, 1.165) is 54.1 Å². The van der Waals surface area contributed by atoms with Crippen LogP contribution in [-0.4, -0.2) is 55.0 Å². The topological polar surface area (TPSA) is 79.0 Å². The zero-order valence-electron chi connectivity index (χ0n) is 22.7. The number of carbonyl (C=O) groups is 1. The van der Waals surface area contributed by atoms with Crippen molar-refractivity contribution in [2.45, 2.75) is 101 Å². The van der Waals surface area contributed by atoms with Crippen LogP contribution in [0.3, 0.4) is 0 Å². The largest absolute Gasteiger partial charge is 0.516 e. The van der Waals surface area contributed by atoms with Crippen molar-refractivity contribution in [3.63, 3.8) is 0 Å². The zero-order valence-corrected chi connectivity index (χ0v) is 24.2. The zero-order chi connectivity index (χ0) is 28.8. The number of hydrogen-bond acceptors (Lipinski definition) is 6. The van der Waals surface area contributed by atoms with Crippen molar-refractivity contribution >= 4 is 27.5 Å². The Morgan fingerprint density at radius 1 is 1.07 bits per heavy atom. The van der Waals surface area contributed by atoms with Crippen molar-refractivity contribution in [1.29, 1.82) is 0 Å². The van der Waals surface area contributed by atoms with E-state index < -0.39 is 27.9 Å². The summed E-state index contributed by atoms with van der Waals surface area (Å²) in [6.45, 7) is 2.34. The van der Waals surface area contributed by atoms with Gasteiger partial charge in [-0.2, -0.15) is 21.6 Å². The van der Waals surface area contributed by atoms with Gasteiger partial charge in [-0.1, -0.05) is 62.6 Å². The van der Waals surface area contributed by atoms with Gasteiger partial charge in [0.1, 0.15) is 6.26 Å². The predicted octanol–water partition coefficient (Wildman–Crippen LogP) is 6.08. The second-order valence-corrected chi connectivity index (χ2v) is 13.2. The average molecular weight is 606 g/mol. The molecular weight excluding hydrogens is 567 g/mol. The Balaban J connectivity index is 1.32. The minimum absolute atomic E-state index is 0.0822. The van der Waals surface area contributed by atoms with Crippen LogP contribution >= 0.6 is 11.6 Å². The third-order valence-corrected chi connectivity index (χ3v) is 9.60. The van der Waals surface area contributed by atoms with Crippen LogP contribution in [0.5, 0.6) is 0 Å². The molecule has 1 aromatic rings. The normalized spacial score (nSPS) is 22.6. The summed E-state index contributed by atoms with van der Waals surface area (Å²) in [4.78, 5) is 16.6. The Kier molecular flexibility index (Phi) is 10.7. The van der Waals surface area contributed by atoms with Gasteiger partial charge in [-0.3, -0.25) is 9.69 Å². The van der Waals surface area contributed by atoms with E-state index in [1.54, 1.807) is 24.5 Å². The first-order valence-corrected chi connectivity index (χ1v) is 16.1. The predicted molar refractivity (Wildman–Crippen MR) is 147 cm³/mol. The molecule has 1 aromatic carbocycles. The molecule has 1 unspecified atom stereocenters. The van der Waals surface area contributed by atoms with Gasteiger partial charge in [0.15, 0.2) is 6.23 Å². The number of nitrogens with one attached hydrogen (secondary N) is 1. The summed E-state index contributed by atoms with van der Waals surface area (Å²) >= 11 is 6.27. The van der Waals surface area contributed by atoms with Crippen LogP contribution in [0.1, 0.15) is 81.8 Å². The van der Waals surface area contributed by atoms with Crippen LogP contribution in [0.4, 0.5) is 13.2 Å². The first kappa shape index (κ1) is 31.0. The number of likely N-dealkylation sites (tertiary alicyclic amines) is 1. The molecule has 2 atom stereocenters. The Bertz CT molecular complexity index is 1140. The third-order valence-electron chi connectivity index (χ3n) is 8.26. The van der Waals surface area contributed by atoms with Crippen LogP contribution in [0.25, 0.3) is 0 Å². The number of ether oxygens (including phenoxy) is 1. The lowest BCUT2D eigenvalue weighted by atomic mass is 9.86. The Hall–Kier alpha value is -1.98. The molecule has 1 amide bonds. The minimum atomic E-state index is -5.73. The molecular formula is C28H39ClF3N3O4S. The van der Waals surface area contributed by atoms with Crippen molar-refractivity contribution < 1.29 is 31.1 Å². The number of benzene rings is 1. The van der Waals surface area contributed by atoms with E-state index >= 15 is 0 Å². The Labute approximate surface area is 240 Å². The number of aryl methyl sites for hydroxylation is 1. The summed E-state index contributed by atoms with van der Waals surface area (Å²) in [5.41, 5.74) is -3.95. The highest BCUT2D eigenvalue weighted by molar-refractivity contribution is 7.90. The molecule has 1 aliphatic carbocycles. The molecule has 7 nitrogen and oxygen atoms in total. The fourth-order valence-corrected chi connectivity index (χ4v) is 6.87. The molecule has 0 spiro atoms. The van der Waals surface area contributed by atoms with Gasteiger partial charge in [-0.15, -0.1) is 0 Å². The van der Waals surface area contributed by atoms with Gasteiger partial charge in [0, 0.05) is 30.7 Å². The number of rotatable bonds is 12. The number of hydrogen-bond donors (Lipinski definition) is 1. The summed E-state index contributed by atoms with van der Waals surface area (Å²) in [7, 11) is -5.73. The molecule has 3 aliphatic rings. The minimum Gasteiger partial charge on any atom is -0.475 e. The molecule has 0 radical (unpaired) electrons. The van der Waals surface area contributed by atoms with E-state index in [4.69, 9.17) is 16.3 Å². The quantitative estimate of drug-likeness (QED) is 0.291. The summed E-state index contributed by atoms with van der Waals surface area (Å²) < 4.78 is 67.5. The number of nitrogens with zero attached hydrogens (tertiary/aromatic N) is 2. The van der Waals surface area contributed by atoms with Crippen LogP contribution in [-0.2, 0) is 32.5 Å². The van der Waals surface area contributed by atoms with E-state index in [2.05, 4.69) is 9.80 Å². The van der Waals surface area contributed by atoms with Gasteiger partial charge >= 0.3 is 15.5 Å². The average Bonchev–Trinajstić information content (AvgIpc) is 3.55. The fraction of sp³-hybridized carbons (Fsp3) is 0.679. The molecule has 0 bridgehead atoms. The van der Waals surface area contributed by atoms with Crippen molar-refractivity contribution in [3.8, 4) is 0 Å². The maximum Gasteiger partial charge on any atom is 0.516 e. The van der Waals surface area contributed by atoms with Gasteiger partial charge in [0.25, 0.3) is 0 Å². The SMILES string of the molecule is O=C(CCc1ccc(Cl)cc1CN1CCCC1[C@@H]1OC=CN1CCCCC1CCCCC1)NS(=O)(=O)C(F)(F)F. The second-order valence-electron chi connectivity index (χ2n) is 11.1. The van der Waals surface area contributed by atoms with Crippen molar-refractivity contribution in [2.75, 3.05) is 13.1 Å². The lowest BCUT2D eigenvalue weighted by molar-refractivity contribution is -0.120. The van der Waals surface area contributed by atoms with Gasteiger partial charge in [0.05, 0.1) is 6.04 Å². The maximum atomic E-state index is 12.6.